The lowest BCUT2D eigenvalue weighted by molar-refractivity contribution is 0.102. The van der Waals surface area contributed by atoms with E-state index in [9.17, 15) is 22.2 Å². The molecule has 8 heteroatoms. The lowest BCUT2D eigenvalue weighted by Gasteiger charge is -2.09. The predicted octanol–water partition coefficient (Wildman–Crippen LogP) is 2.96. The van der Waals surface area contributed by atoms with Crippen molar-refractivity contribution >= 4 is 33.4 Å². The largest absolute Gasteiger partial charge is 0.507 e. The molecule has 21 heavy (non-hydrogen) atoms. The fraction of sp³-hybridized carbons (Fsp3) is 0. The highest BCUT2D eigenvalue weighted by atomic mass is 35.5. The Morgan fingerprint density at radius 2 is 1.86 bits per heavy atom. The number of rotatable bonds is 3. The number of phenols is 1. The van der Waals surface area contributed by atoms with Crippen LogP contribution in [0.1, 0.15) is 10.4 Å². The van der Waals surface area contributed by atoms with Gasteiger partial charge < -0.3 is 10.4 Å². The molecule has 0 aromatic heterocycles. The van der Waals surface area contributed by atoms with Gasteiger partial charge in [-0.2, -0.15) is 8.42 Å². The summed E-state index contributed by atoms with van der Waals surface area (Å²) in [6.45, 7) is 0. The summed E-state index contributed by atoms with van der Waals surface area (Å²) in [6.07, 6.45) is 0. The van der Waals surface area contributed by atoms with Gasteiger partial charge in [-0.15, -0.1) is 3.89 Å². The van der Waals surface area contributed by atoms with Crippen LogP contribution in [-0.4, -0.2) is 19.4 Å². The highest BCUT2D eigenvalue weighted by Crippen LogP contribution is 2.26. The average molecular weight is 330 g/mol. The first-order valence-corrected chi connectivity index (χ1v) is 7.39. The van der Waals surface area contributed by atoms with Crippen LogP contribution in [0.4, 0.5) is 9.57 Å². The van der Waals surface area contributed by atoms with Crippen LogP contribution in [0.5, 0.6) is 5.75 Å². The molecule has 0 saturated heterocycles. The van der Waals surface area contributed by atoms with E-state index in [0.29, 0.717) is 0 Å². The van der Waals surface area contributed by atoms with E-state index in [0.717, 1.165) is 12.1 Å². The van der Waals surface area contributed by atoms with Crippen LogP contribution in [0.2, 0.25) is 5.02 Å². The van der Waals surface area contributed by atoms with Gasteiger partial charge in [0.25, 0.3) is 5.91 Å². The molecule has 0 radical (unpaired) electrons. The van der Waals surface area contributed by atoms with Gasteiger partial charge in [0.05, 0.1) is 11.3 Å². The van der Waals surface area contributed by atoms with Crippen molar-refractivity contribution in [3.05, 3.63) is 53.1 Å². The second kappa shape index (κ2) is 5.71. The average Bonchev–Trinajstić information content (AvgIpc) is 2.37. The summed E-state index contributed by atoms with van der Waals surface area (Å²) in [6, 6.07) is 8.82. The third-order valence-corrected chi connectivity index (χ3v) is 3.72. The molecule has 110 valence electrons. The summed E-state index contributed by atoms with van der Waals surface area (Å²) < 4.78 is 35.1. The van der Waals surface area contributed by atoms with E-state index < -0.39 is 21.0 Å². The van der Waals surface area contributed by atoms with E-state index in [2.05, 4.69) is 5.32 Å². The maximum Gasteiger partial charge on any atom is 0.334 e. The highest BCUT2D eigenvalue weighted by molar-refractivity contribution is 7.86. The molecular weight excluding hydrogens is 321 g/mol. The molecule has 5 nitrogen and oxygen atoms in total. The van der Waals surface area contributed by atoms with Crippen LogP contribution in [0.15, 0.2) is 47.4 Å². The first kappa shape index (κ1) is 15.3. The standard InChI is InChI=1S/C13H9ClFNO4S/c14-8-5-6-9(11(17)7-8)13(18)16-10-3-1-2-4-12(10)21(15,19)20/h1-7,17H,(H,16,18). The van der Waals surface area contributed by atoms with Crippen molar-refractivity contribution in [2.45, 2.75) is 4.90 Å². The number of carbonyl (C=O) groups is 1. The van der Waals surface area contributed by atoms with Gasteiger partial charge in [-0.3, -0.25) is 4.79 Å². The second-order valence-electron chi connectivity index (χ2n) is 4.05. The molecule has 0 unspecified atom stereocenters. The van der Waals surface area contributed by atoms with Crippen LogP contribution < -0.4 is 5.32 Å². The number of aromatic hydroxyl groups is 1. The Labute approximate surface area is 125 Å². The molecule has 2 rings (SSSR count). The monoisotopic (exact) mass is 329 g/mol. The lowest BCUT2D eigenvalue weighted by Crippen LogP contribution is -2.14. The van der Waals surface area contributed by atoms with Crippen molar-refractivity contribution in [2.24, 2.45) is 0 Å². The van der Waals surface area contributed by atoms with Gasteiger partial charge in [0.15, 0.2) is 0 Å². The summed E-state index contributed by atoms with van der Waals surface area (Å²) in [5.74, 6) is -1.17. The van der Waals surface area contributed by atoms with E-state index in [4.69, 9.17) is 11.6 Å². The van der Waals surface area contributed by atoms with E-state index >= 15 is 0 Å². The predicted molar refractivity (Wildman–Crippen MR) is 75.8 cm³/mol. The summed E-state index contributed by atoms with van der Waals surface area (Å²) in [7, 11) is -4.98. The first-order chi connectivity index (χ1) is 9.79. The number of nitrogens with one attached hydrogen (secondary N) is 1. The molecule has 2 aromatic rings. The topological polar surface area (TPSA) is 83.5 Å². The first-order valence-electron chi connectivity index (χ1n) is 5.62. The van der Waals surface area contributed by atoms with Crippen molar-refractivity contribution in [2.75, 3.05) is 5.32 Å². The minimum absolute atomic E-state index is 0.120. The molecule has 0 spiro atoms. The van der Waals surface area contributed by atoms with Crippen LogP contribution in [0.3, 0.4) is 0 Å². The van der Waals surface area contributed by atoms with E-state index in [-0.39, 0.29) is 22.0 Å². The number of anilines is 1. The second-order valence-corrected chi connectivity index (χ2v) is 5.80. The number of carbonyl (C=O) groups excluding carboxylic acids is 1. The summed E-state index contributed by atoms with van der Waals surface area (Å²) in [5.41, 5.74) is -0.343. The quantitative estimate of drug-likeness (QED) is 0.848. The van der Waals surface area contributed by atoms with Gasteiger partial charge in [-0.1, -0.05) is 23.7 Å². The molecule has 1 amide bonds. The zero-order valence-corrected chi connectivity index (χ0v) is 12.0. The Morgan fingerprint density at radius 3 is 2.48 bits per heavy atom. The van der Waals surface area contributed by atoms with Crippen LogP contribution in [-0.2, 0) is 10.2 Å². The van der Waals surface area contributed by atoms with E-state index in [1.54, 1.807) is 0 Å². The molecule has 0 aliphatic carbocycles. The molecule has 0 aliphatic rings. The van der Waals surface area contributed by atoms with E-state index in [1.807, 2.05) is 0 Å². The summed E-state index contributed by atoms with van der Waals surface area (Å²) >= 11 is 5.65. The van der Waals surface area contributed by atoms with Gasteiger partial charge in [0.2, 0.25) is 0 Å². The third kappa shape index (κ3) is 3.50. The zero-order valence-electron chi connectivity index (χ0n) is 10.4. The number of hydrogen-bond donors (Lipinski definition) is 2. The SMILES string of the molecule is O=C(Nc1ccccc1S(=O)(=O)F)c1ccc(Cl)cc1O. The summed E-state index contributed by atoms with van der Waals surface area (Å²) in [4.78, 5) is 11.3. The number of para-hydroxylation sites is 1. The molecule has 0 atom stereocenters. The molecular formula is C13H9ClFNO4S. The van der Waals surface area contributed by atoms with Crippen molar-refractivity contribution < 1.29 is 22.2 Å². The molecule has 0 fully saturated rings. The molecule has 0 bridgehead atoms. The maximum atomic E-state index is 13.1. The Hall–Kier alpha value is -2.12. The molecule has 0 saturated carbocycles. The maximum absolute atomic E-state index is 13.1. The summed E-state index contributed by atoms with van der Waals surface area (Å²) in [5, 5.41) is 12.1. The third-order valence-electron chi connectivity index (χ3n) is 2.60. The number of halogens is 2. The Kier molecular flexibility index (Phi) is 4.15. The smallest absolute Gasteiger partial charge is 0.334 e. The fourth-order valence-electron chi connectivity index (χ4n) is 1.67. The minimum Gasteiger partial charge on any atom is -0.507 e. The van der Waals surface area contributed by atoms with E-state index in [1.165, 1.54) is 30.3 Å². The van der Waals surface area contributed by atoms with Crippen LogP contribution >= 0.6 is 11.6 Å². The molecule has 0 aliphatic heterocycles. The Balaban J connectivity index is 2.37. The van der Waals surface area contributed by atoms with Crippen LogP contribution in [0.25, 0.3) is 0 Å². The van der Waals surface area contributed by atoms with Gasteiger partial charge in [0.1, 0.15) is 10.6 Å². The lowest BCUT2D eigenvalue weighted by atomic mass is 10.2. The van der Waals surface area contributed by atoms with Crippen molar-refractivity contribution in [1.82, 2.24) is 0 Å². The van der Waals surface area contributed by atoms with Gasteiger partial charge in [-0.05, 0) is 30.3 Å². The van der Waals surface area contributed by atoms with Crippen molar-refractivity contribution in [3.63, 3.8) is 0 Å². The molecule has 2 aromatic carbocycles. The van der Waals surface area contributed by atoms with Gasteiger partial charge in [-0.25, -0.2) is 0 Å². The fourth-order valence-corrected chi connectivity index (χ4v) is 2.46. The van der Waals surface area contributed by atoms with Crippen molar-refractivity contribution in [1.29, 1.82) is 0 Å². The molecule has 0 heterocycles. The zero-order chi connectivity index (χ0) is 15.6. The number of hydrogen-bond acceptors (Lipinski definition) is 4. The van der Waals surface area contributed by atoms with Gasteiger partial charge in [0, 0.05) is 5.02 Å². The number of benzene rings is 2. The molecule has 2 N–H and O–H groups in total. The number of amides is 1. The van der Waals surface area contributed by atoms with Crippen molar-refractivity contribution in [3.8, 4) is 5.75 Å². The Morgan fingerprint density at radius 1 is 1.19 bits per heavy atom. The van der Waals surface area contributed by atoms with Gasteiger partial charge >= 0.3 is 10.2 Å². The number of phenolic OH excluding ortho intramolecular Hbond substituents is 1. The van der Waals surface area contributed by atoms with Crippen LogP contribution in [0, 0.1) is 0 Å². The minimum atomic E-state index is -4.98. The Bertz CT molecular complexity index is 808. The highest BCUT2D eigenvalue weighted by Gasteiger charge is 2.19. The normalized spacial score (nSPS) is 11.1.